The van der Waals surface area contributed by atoms with E-state index < -0.39 is 0 Å². The molecular weight excluding hydrogens is 405 g/mol. The first-order valence-electron chi connectivity index (χ1n) is 8.56. The van der Waals surface area contributed by atoms with Crippen molar-refractivity contribution in [2.24, 2.45) is 0 Å². The van der Waals surface area contributed by atoms with Crippen LogP contribution in [-0.2, 0) is 0 Å². The van der Waals surface area contributed by atoms with Crippen LogP contribution in [-0.4, -0.2) is 42.0 Å². The number of aromatic nitrogens is 1. The molecule has 2 aromatic carbocycles. The molecule has 1 aliphatic heterocycles. The van der Waals surface area contributed by atoms with Crippen molar-refractivity contribution in [3.63, 3.8) is 0 Å². The van der Waals surface area contributed by atoms with Gasteiger partial charge in [0.15, 0.2) is 0 Å². The highest BCUT2D eigenvalue weighted by Gasteiger charge is 2.23. The molecule has 1 aromatic heterocycles. The third-order valence-corrected chi connectivity index (χ3v) is 5.37. The Hall–Kier alpha value is -2.01. The van der Waals surface area contributed by atoms with Crippen LogP contribution in [0.3, 0.4) is 0 Å². The molecule has 3 aromatic rings. The molecule has 1 aliphatic rings. The summed E-state index contributed by atoms with van der Waals surface area (Å²) in [6.07, 6.45) is 1.79. The van der Waals surface area contributed by atoms with Crippen LogP contribution in [0.5, 0.6) is 0 Å². The standard InChI is InChI=1S/C20H16Cl3N3O/c21-14-1-2-17-18(12-14)24-4-3-19(17)25-5-7-26(8-6-25)20(27)13-9-15(22)11-16(23)10-13/h1-4,9-12H,5-8H2. The average Bonchev–Trinajstić information content (AvgIpc) is 2.66. The third-order valence-electron chi connectivity index (χ3n) is 4.70. The van der Waals surface area contributed by atoms with E-state index in [-0.39, 0.29) is 5.91 Å². The van der Waals surface area contributed by atoms with Gasteiger partial charge in [-0.3, -0.25) is 9.78 Å². The Balaban J connectivity index is 1.52. The fraction of sp³-hybridized carbons (Fsp3) is 0.200. The second kappa shape index (κ2) is 7.55. The van der Waals surface area contributed by atoms with Gasteiger partial charge in [0.2, 0.25) is 0 Å². The zero-order chi connectivity index (χ0) is 19.0. The molecule has 4 rings (SSSR count). The third kappa shape index (κ3) is 3.84. The molecule has 1 amide bonds. The molecule has 4 nitrogen and oxygen atoms in total. The molecule has 0 N–H and O–H groups in total. The number of fused-ring (bicyclic) bond motifs is 1. The molecule has 0 unspecified atom stereocenters. The van der Waals surface area contributed by atoms with E-state index in [0.29, 0.717) is 33.7 Å². The van der Waals surface area contributed by atoms with Crippen molar-refractivity contribution in [3.05, 3.63) is 69.3 Å². The first-order valence-corrected chi connectivity index (χ1v) is 9.69. The number of pyridine rings is 1. The van der Waals surface area contributed by atoms with Gasteiger partial charge in [0.1, 0.15) is 0 Å². The lowest BCUT2D eigenvalue weighted by Gasteiger charge is -2.36. The van der Waals surface area contributed by atoms with Crippen LogP contribution in [0.15, 0.2) is 48.7 Å². The van der Waals surface area contributed by atoms with Crippen molar-refractivity contribution in [2.45, 2.75) is 0 Å². The predicted octanol–water partition coefficient (Wildman–Crippen LogP) is 5.16. The molecule has 0 radical (unpaired) electrons. The van der Waals surface area contributed by atoms with Crippen LogP contribution in [0.25, 0.3) is 10.9 Å². The highest BCUT2D eigenvalue weighted by atomic mass is 35.5. The Morgan fingerprint density at radius 3 is 2.26 bits per heavy atom. The first-order chi connectivity index (χ1) is 13.0. The zero-order valence-electron chi connectivity index (χ0n) is 14.3. The summed E-state index contributed by atoms with van der Waals surface area (Å²) < 4.78 is 0. The van der Waals surface area contributed by atoms with Gasteiger partial charge in [-0.15, -0.1) is 0 Å². The van der Waals surface area contributed by atoms with Gasteiger partial charge in [0.05, 0.1) is 5.52 Å². The molecule has 0 aliphatic carbocycles. The Kier molecular flexibility index (Phi) is 5.13. The Morgan fingerprint density at radius 1 is 0.852 bits per heavy atom. The number of carbonyl (C=O) groups is 1. The Labute approximate surface area is 172 Å². The first kappa shape index (κ1) is 18.4. The van der Waals surface area contributed by atoms with E-state index in [1.54, 1.807) is 24.4 Å². The van der Waals surface area contributed by atoms with Crippen LogP contribution in [0.2, 0.25) is 15.1 Å². The summed E-state index contributed by atoms with van der Waals surface area (Å²) in [7, 11) is 0. The molecule has 7 heteroatoms. The number of rotatable bonds is 2. The number of anilines is 1. The minimum absolute atomic E-state index is 0.0505. The number of benzene rings is 2. The van der Waals surface area contributed by atoms with Crippen LogP contribution >= 0.6 is 34.8 Å². The molecule has 2 heterocycles. The van der Waals surface area contributed by atoms with Crippen molar-refractivity contribution in [1.29, 1.82) is 0 Å². The SMILES string of the molecule is O=C(c1cc(Cl)cc(Cl)c1)N1CCN(c2ccnc3cc(Cl)ccc23)CC1. The molecule has 1 saturated heterocycles. The van der Waals surface area contributed by atoms with Gasteiger partial charge in [0, 0.05) is 64.1 Å². The van der Waals surface area contributed by atoms with Crippen LogP contribution < -0.4 is 4.90 Å². The second-order valence-corrected chi connectivity index (χ2v) is 7.74. The van der Waals surface area contributed by atoms with Gasteiger partial charge >= 0.3 is 0 Å². The summed E-state index contributed by atoms with van der Waals surface area (Å²) in [6.45, 7) is 2.73. The summed E-state index contributed by atoms with van der Waals surface area (Å²) in [5.74, 6) is -0.0505. The van der Waals surface area contributed by atoms with E-state index in [2.05, 4.69) is 9.88 Å². The number of piperazine rings is 1. The van der Waals surface area contributed by atoms with Gasteiger partial charge in [-0.25, -0.2) is 0 Å². The molecule has 0 atom stereocenters. The molecule has 0 spiro atoms. The van der Waals surface area contributed by atoms with E-state index in [0.717, 1.165) is 29.7 Å². The van der Waals surface area contributed by atoms with Gasteiger partial charge in [-0.1, -0.05) is 34.8 Å². The van der Waals surface area contributed by atoms with Crippen LogP contribution in [0, 0.1) is 0 Å². The van der Waals surface area contributed by atoms with E-state index in [1.165, 1.54) is 0 Å². The molecule has 1 fully saturated rings. The van der Waals surface area contributed by atoms with E-state index >= 15 is 0 Å². The van der Waals surface area contributed by atoms with E-state index in [1.807, 2.05) is 29.2 Å². The van der Waals surface area contributed by atoms with Gasteiger partial charge < -0.3 is 9.80 Å². The summed E-state index contributed by atoms with van der Waals surface area (Å²) in [6, 6.07) is 12.7. The van der Waals surface area contributed by atoms with Crippen molar-refractivity contribution in [1.82, 2.24) is 9.88 Å². The average molecular weight is 421 g/mol. The molecule has 0 bridgehead atoms. The molecular formula is C20H16Cl3N3O. The van der Waals surface area contributed by atoms with Crippen molar-refractivity contribution >= 4 is 57.3 Å². The second-order valence-electron chi connectivity index (χ2n) is 6.43. The predicted molar refractivity (Wildman–Crippen MR) is 111 cm³/mol. The van der Waals surface area contributed by atoms with E-state index in [4.69, 9.17) is 34.8 Å². The maximum atomic E-state index is 12.8. The van der Waals surface area contributed by atoms with Gasteiger partial charge in [-0.2, -0.15) is 0 Å². The minimum Gasteiger partial charge on any atom is -0.367 e. The van der Waals surface area contributed by atoms with Gasteiger partial charge in [-0.05, 0) is 42.5 Å². The molecule has 27 heavy (non-hydrogen) atoms. The van der Waals surface area contributed by atoms with Crippen molar-refractivity contribution in [3.8, 4) is 0 Å². The Bertz CT molecular complexity index is 996. The van der Waals surface area contributed by atoms with Crippen molar-refractivity contribution < 1.29 is 4.79 Å². The number of nitrogens with zero attached hydrogens (tertiary/aromatic N) is 3. The number of halogens is 3. The summed E-state index contributed by atoms with van der Waals surface area (Å²) >= 11 is 18.1. The zero-order valence-corrected chi connectivity index (χ0v) is 16.6. The largest absolute Gasteiger partial charge is 0.367 e. The highest BCUT2D eigenvalue weighted by molar-refractivity contribution is 6.35. The lowest BCUT2D eigenvalue weighted by molar-refractivity contribution is 0.0747. The Morgan fingerprint density at radius 2 is 1.56 bits per heavy atom. The fourth-order valence-electron chi connectivity index (χ4n) is 3.39. The lowest BCUT2D eigenvalue weighted by Crippen LogP contribution is -2.48. The van der Waals surface area contributed by atoms with Gasteiger partial charge in [0.25, 0.3) is 5.91 Å². The topological polar surface area (TPSA) is 36.4 Å². The monoisotopic (exact) mass is 419 g/mol. The van der Waals surface area contributed by atoms with E-state index in [9.17, 15) is 4.79 Å². The molecule has 0 saturated carbocycles. The van der Waals surface area contributed by atoms with Crippen LogP contribution in [0.4, 0.5) is 5.69 Å². The minimum atomic E-state index is -0.0505. The number of amides is 1. The lowest BCUT2D eigenvalue weighted by atomic mass is 10.1. The number of hydrogen-bond donors (Lipinski definition) is 0. The fourth-order valence-corrected chi connectivity index (χ4v) is 4.08. The summed E-state index contributed by atoms with van der Waals surface area (Å²) in [5.41, 5.74) is 2.49. The quantitative estimate of drug-likeness (QED) is 0.575. The normalized spacial score (nSPS) is 14.6. The highest BCUT2D eigenvalue weighted by Crippen LogP contribution is 2.28. The maximum Gasteiger partial charge on any atom is 0.254 e. The molecule has 138 valence electrons. The maximum absolute atomic E-state index is 12.8. The summed E-state index contributed by atoms with van der Waals surface area (Å²) in [4.78, 5) is 21.3. The van der Waals surface area contributed by atoms with Crippen LogP contribution in [0.1, 0.15) is 10.4 Å². The smallest absolute Gasteiger partial charge is 0.254 e. The summed E-state index contributed by atoms with van der Waals surface area (Å²) in [5, 5.41) is 2.66. The number of hydrogen-bond acceptors (Lipinski definition) is 3. The van der Waals surface area contributed by atoms with Crippen molar-refractivity contribution in [2.75, 3.05) is 31.1 Å². The number of carbonyl (C=O) groups excluding carboxylic acids is 1.